The lowest BCUT2D eigenvalue weighted by atomic mass is 10.1. The van der Waals surface area contributed by atoms with E-state index in [1.165, 1.54) is 0 Å². The number of thiocarbonyl (C=S) groups is 1. The highest BCUT2D eigenvalue weighted by atomic mass is 32.1. The van der Waals surface area contributed by atoms with Gasteiger partial charge in [-0.1, -0.05) is 6.07 Å². The van der Waals surface area contributed by atoms with Gasteiger partial charge in [-0.05, 0) is 48.5 Å². The lowest BCUT2D eigenvalue weighted by molar-refractivity contribution is 0.354. The highest BCUT2D eigenvalue weighted by Gasteiger charge is 2.07. The molecule has 0 fully saturated rings. The summed E-state index contributed by atoms with van der Waals surface area (Å²) in [6, 6.07) is 11.4. The number of ether oxygens (including phenoxy) is 4. The SMILES string of the molecule is COc1ccc(NC(=S)NCCc2ccc(OC)c(OC)c2)c(OC)c1. The van der Waals surface area contributed by atoms with Crippen LogP contribution >= 0.6 is 12.2 Å². The molecule has 2 N–H and O–H groups in total. The molecule has 0 amide bonds. The summed E-state index contributed by atoms with van der Waals surface area (Å²) in [6.45, 7) is 0.680. The summed E-state index contributed by atoms with van der Waals surface area (Å²) < 4.78 is 21.1. The minimum absolute atomic E-state index is 0.522. The molecular weight excluding hydrogens is 352 g/mol. The Hall–Kier alpha value is -2.67. The van der Waals surface area contributed by atoms with Crippen LogP contribution < -0.4 is 29.6 Å². The zero-order valence-corrected chi connectivity index (χ0v) is 16.2. The molecule has 7 heteroatoms. The quantitative estimate of drug-likeness (QED) is 0.686. The second-order valence-corrected chi connectivity index (χ2v) is 5.79. The molecule has 2 aromatic rings. The van der Waals surface area contributed by atoms with Crippen LogP contribution in [0.1, 0.15) is 5.56 Å². The van der Waals surface area contributed by atoms with Gasteiger partial charge < -0.3 is 29.6 Å². The van der Waals surface area contributed by atoms with Crippen LogP contribution in [0, 0.1) is 0 Å². The van der Waals surface area contributed by atoms with Crippen LogP contribution in [0.2, 0.25) is 0 Å². The van der Waals surface area contributed by atoms with Gasteiger partial charge in [0.15, 0.2) is 16.6 Å². The summed E-state index contributed by atoms with van der Waals surface area (Å²) >= 11 is 5.35. The van der Waals surface area contributed by atoms with Gasteiger partial charge in [-0.2, -0.15) is 0 Å². The van der Waals surface area contributed by atoms with Gasteiger partial charge >= 0.3 is 0 Å². The molecule has 0 saturated heterocycles. The van der Waals surface area contributed by atoms with Gasteiger partial charge in [0.25, 0.3) is 0 Å². The standard InChI is InChI=1S/C19H24N2O4S/c1-22-14-6-7-15(17(12-14)24-3)21-19(26)20-10-9-13-5-8-16(23-2)18(11-13)25-4/h5-8,11-12H,9-10H2,1-4H3,(H2,20,21,26). The van der Waals surface area contributed by atoms with Crippen LogP contribution in [0.4, 0.5) is 5.69 Å². The van der Waals surface area contributed by atoms with E-state index in [4.69, 9.17) is 31.2 Å². The maximum absolute atomic E-state index is 5.35. The maximum atomic E-state index is 5.35. The van der Waals surface area contributed by atoms with E-state index in [2.05, 4.69) is 10.6 Å². The first-order chi connectivity index (χ1) is 12.6. The van der Waals surface area contributed by atoms with Crippen molar-refractivity contribution in [1.82, 2.24) is 5.32 Å². The number of nitrogens with one attached hydrogen (secondary N) is 2. The van der Waals surface area contributed by atoms with Crippen molar-refractivity contribution in [2.45, 2.75) is 6.42 Å². The zero-order chi connectivity index (χ0) is 18.9. The minimum Gasteiger partial charge on any atom is -0.497 e. The smallest absolute Gasteiger partial charge is 0.170 e. The fourth-order valence-electron chi connectivity index (χ4n) is 2.42. The predicted octanol–water partition coefficient (Wildman–Crippen LogP) is 3.25. The van der Waals surface area contributed by atoms with Crippen LogP contribution in [0.5, 0.6) is 23.0 Å². The molecule has 2 rings (SSSR count). The molecular formula is C19H24N2O4S. The minimum atomic E-state index is 0.522. The first-order valence-electron chi connectivity index (χ1n) is 8.09. The van der Waals surface area contributed by atoms with Crippen molar-refractivity contribution >= 4 is 23.0 Å². The number of hydrogen-bond acceptors (Lipinski definition) is 5. The Balaban J connectivity index is 1.89. The summed E-state index contributed by atoms with van der Waals surface area (Å²) in [5.74, 6) is 2.81. The Morgan fingerprint density at radius 2 is 1.58 bits per heavy atom. The fourth-order valence-corrected chi connectivity index (χ4v) is 2.64. The monoisotopic (exact) mass is 376 g/mol. The van der Waals surface area contributed by atoms with Gasteiger partial charge in [-0.3, -0.25) is 0 Å². The van der Waals surface area contributed by atoms with E-state index in [0.29, 0.717) is 28.9 Å². The highest BCUT2D eigenvalue weighted by Crippen LogP contribution is 2.29. The first kappa shape index (κ1) is 19.7. The predicted molar refractivity (Wildman–Crippen MR) is 107 cm³/mol. The molecule has 2 aromatic carbocycles. The van der Waals surface area contributed by atoms with Crippen molar-refractivity contribution in [2.75, 3.05) is 40.3 Å². The second-order valence-electron chi connectivity index (χ2n) is 5.39. The topological polar surface area (TPSA) is 61.0 Å². The van der Waals surface area contributed by atoms with Gasteiger partial charge in [-0.25, -0.2) is 0 Å². The average molecular weight is 376 g/mol. The lowest BCUT2D eigenvalue weighted by Gasteiger charge is -2.14. The third-order valence-corrected chi connectivity index (χ3v) is 4.05. The van der Waals surface area contributed by atoms with E-state index in [1.54, 1.807) is 34.5 Å². The third-order valence-electron chi connectivity index (χ3n) is 3.80. The summed E-state index contributed by atoms with van der Waals surface area (Å²) in [5.41, 5.74) is 1.90. The molecule has 0 aliphatic rings. The second kappa shape index (κ2) is 9.72. The number of methoxy groups -OCH3 is 4. The van der Waals surface area contributed by atoms with Gasteiger partial charge in [0.05, 0.1) is 34.1 Å². The summed E-state index contributed by atoms with van der Waals surface area (Å²) in [4.78, 5) is 0. The Kier molecular flexibility index (Phi) is 7.35. The molecule has 6 nitrogen and oxygen atoms in total. The van der Waals surface area contributed by atoms with E-state index in [0.717, 1.165) is 23.4 Å². The Morgan fingerprint density at radius 3 is 2.23 bits per heavy atom. The third kappa shape index (κ3) is 5.16. The molecule has 0 aliphatic carbocycles. The van der Waals surface area contributed by atoms with Crippen molar-refractivity contribution in [1.29, 1.82) is 0 Å². The average Bonchev–Trinajstić information content (AvgIpc) is 2.68. The number of anilines is 1. The molecule has 0 radical (unpaired) electrons. The van der Waals surface area contributed by atoms with Gasteiger partial charge in [0.1, 0.15) is 11.5 Å². The Labute approximate surface area is 159 Å². The fraction of sp³-hybridized carbons (Fsp3) is 0.316. The van der Waals surface area contributed by atoms with Crippen LogP contribution in [-0.2, 0) is 6.42 Å². The van der Waals surface area contributed by atoms with Crippen LogP contribution in [-0.4, -0.2) is 40.1 Å². The molecule has 0 aromatic heterocycles. The van der Waals surface area contributed by atoms with E-state index in [1.807, 2.05) is 30.3 Å². The van der Waals surface area contributed by atoms with Gasteiger partial charge in [0.2, 0.25) is 0 Å². The molecule has 0 heterocycles. The first-order valence-corrected chi connectivity index (χ1v) is 8.50. The molecule has 26 heavy (non-hydrogen) atoms. The maximum Gasteiger partial charge on any atom is 0.170 e. The largest absolute Gasteiger partial charge is 0.497 e. The molecule has 0 bridgehead atoms. The molecule has 0 saturated carbocycles. The zero-order valence-electron chi connectivity index (χ0n) is 15.4. The Morgan fingerprint density at radius 1 is 0.846 bits per heavy atom. The molecule has 0 spiro atoms. The van der Waals surface area contributed by atoms with E-state index in [-0.39, 0.29) is 0 Å². The number of rotatable bonds is 8. The molecule has 0 unspecified atom stereocenters. The van der Waals surface area contributed by atoms with Crippen LogP contribution in [0.15, 0.2) is 36.4 Å². The molecule has 0 atom stereocenters. The van der Waals surface area contributed by atoms with Gasteiger partial charge in [0, 0.05) is 12.6 Å². The van der Waals surface area contributed by atoms with Crippen molar-refractivity contribution in [3.8, 4) is 23.0 Å². The lowest BCUT2D eigenvalue weighted by Crippen LogP contribution is -2.30. The van der Waals surface area contributed by atoms with Crippen molar-refractivity contribution < 1.29 is 18.9 Å². The van der Waals surface area contributed by atoms with E-state index < -0.39 is 0 Å². The summed E-state index contributed by atoms with van der Waals surface area (Å²) in [7, 11) is 6.47. The van der Waals surface area contributed by atoms with Crippen molar-refractivity contribution in [2.24, 2.45) is 0 Å². The molecule has 0 aliphatic heterocycles. The molecule has 140 valence electrons. The van der Waals surface area contributed by atoms with E-state index in [9.17, 15) is 0 Å². The van der Waals surface area contributed by atoms with E-state index >= 15 is 0 Å². The normalized spacial score (nSPS) is 10.0. The summed E-state index contributed by atoms with van der Waals surface area (Å²) in [5, 5.41) is 6.84. The van der Waals surface area contributed by atoms with Crippen molar-refractivity contribution in [3.63, 3.8) is 0 Å². The van der Waals surface area contributed by atoms with Crippen molar-refractivity contribution in [3.05, 3.63) is 42.0 Å². The highest BCUT2D eigenvalue weighted by molar-refractivity contribution is 7.80. The van der Waals surface area contributed by atoms with Gasteiger partial charge in [-0.15, -0.1) is 0 Å². The number of benzene rings is 2. The number of hydrogen-bond donors (Lipinski definition) is 2. The Bertz CT molecular complexity index is 752. The van der Waals surface area contributed by atoms with Crippen LogP contribution in [0.25, 0.3) is 0 Å². The van der Waals surface area contributed by atoms with Crippen LogP contribution in [0.3, 0.4) is 0 Å². The summed E-state index contributed by atoms with van der Waals surface area (Å²) in [6.07, 6.45) is 0.794.